The molecule has 2 aliphatic rings. The van der Waals surface area contributed by atoms with E-state index in [4.69, 9.17) is 4.74 Å². The van der Waals surface area contributed by atoms with Gasteiger partial charge in [0.15, 0.2) is 0 Å². The Morgan fingerprint density at radius 2 is 2.14 bits per heavy atom. The van der Waals surface area contributed by atoms with Crippen LogP contribution in [0.5, 0.6) is 5.75 Å². The fraction of sp³-hybridized carbons (Fsp3) is 0.348. The molecule has 1 fully saturated rings. The van der Waals surface area contributed by atoms with Crippen LogP contribution in [-0.2, 0) is 0 Å². The number of aromatic nitrogens is 2. The lowest BCUT2D eigenvalue weighted by Gasteiger charge is -2.31. The highest BCUT2D eigenvalue weighted by Gasteiger charge is 2.24. The summed E-state index contributed by atoms with van der Waals surface area (Å²) in [6.45, 7) is 4.27. The average Bonchev–Trinajstić information content (AvgIpc) is 3.43. The molecule has 0 aliphatic carbocycles. The summed E-state index contributed by atoms with van der Waals surface area (Å²) in [5, 5.41) is 4.43. The third-order valence-corrected chi connectivity index (χ3v) is 6.12. The van der Waals surface area contributed by atoms with Gasteiger partial charge in [0.25, 0.3) is 0 Å². The number of fused-ring (bicyclic) bond motifs is 1. The number of hydrogen-bond donors (Lipinski definition) is 2. The summed E-state index contributed by atoms with van der Waals surface area (Å²) in [7, 11) is 1.61. The molecule has 3 aromatic rings. The second-order valence-corrected chi connectivity index (χ2v) is 7.77. The van der Waals surface area contributed by atoms with Crippen molar-refractivity contribution in [3.63, 3.8) is 0 Å². The van der Waals surface area contributed by atoms with Crippen molar-refractivity contribution in [3.05, 3.63) is 54.1 Å². The third-order valence-electron chi connectivity index (χ3n) is 6.12. The Kier molecular flexibility index (Phi) is 4.81. The van der Waals surface area contributed by atoms with Crippen LogP contribution in [0.2, 0.25) is 0 Å². The summed E-state index contributed by atoms with van der Waals surface area (Å²) in [6, 6.07) is 9.32. The van der Waals surface area contributed by atoms with Crippen LogP contribution in [-0.4, -0.2) is 54.2 Å². The van der Waals surface area contributed by atoms with E-state index in [-0.39, 0.29) is 5.82 Å². The molecule has 2 N–H and O–H groups in total. The van der Waals surface area contributed by atoms with Gasteiger partial charge in [-0.2, -0.15) is 0 Å². The quantitative estimate of drug-likeness (QED) is 0.709. The molecule has 6 heteroatoms. The Hall–Kier alpha value is -2.70. The molecule has 0 bridgehead atoms. The van der Waals surface area contributed by atoms with Crippen molar-refractivity contribution in [1.29, 1.82) is 0 Å². The molecule has 150 valence electrons. The Labute approximate surface area is 169 Å². The maximum Gasteiger partial charge on any atom is 0.138 e. The third kappa shape index (κ3) is 3.43. The Morgan fingerprint density at radius 3 is 2.90 bits per heavy atom. The Bertz CT molecular complexity index is 1070. The van der Waals surface area contributed by atoms with Crippen molar-refractivity contribution in [2.24, 2.45) is 0 Å². The second-order valence-electron chi connectivity index (χ2n) is 7.77. The number of pyridine rings is 1. The summed E-state index contributed by atoms with van der Waals surface area (Å²) >= 11 is 0. The predicted octanol–water partition coefficient (Wildman–Crippen LogP) is 3.83. The van der Waals surface area contributed by atoms with Crippen LogP contribution < -0.4 is 10.1 Å². The number of methoxy groups -OCH3 is 1. The van der Waals surface area contributed by atoms with Gasteiger partial charge in [-0.3, -0.25) is 4.90 Å². The summed E-state index contributed by atoms with van der Waals surface area (Å²) in [6.07, 6.45) is 6.33. The minimum Gasteiger partial charge on any atom is -0.496 e. The van der Waals surface area contributed by atoms with Gasteiger partial charge in [0.2, 0.25) is 0 Å². The van der Waals surface area contributed by atoms with Gasteiger partial charge in [-0.15, -0.1) is 0 Å². The largest absolute Gasteiger partial charge is 0.496 e. The van der Waals surface area contributed by atoms with Crippen molar-refractivity contribution in [1.82, 2.24) is 20.2 Å². The molecule has 0 saturated carbocycles. The summed E-state index contributed by atoms with van der Waals surface area (Å²) in [5.74, 6) is 0.373. The standard InChI is InChI=1S/C23H25FN4O/c1-29-22-3-2-16(24)12-19(22)18-5-9-26-23-20(18)13-21(27-23)15-6-10-28(11-7-15)17-4-8-25-14-17/h2-3,5-6,9,12-13,17,25H,4,7-8,10-11,14H2,1H3,(H,26,27). The number of hydrogen-bond acceptors (Lipinski definition) is 4. The first kappa shape index (κ1) is 18.3. The maximum atomic E-state index is 13.9. The van der Waals surface area contributed by atoms with E-state index in [1.165, 1.54) is 24.1 Å². The number of nitrogens with one attached hydrogen (secondary N) is 2. The zero-order valence-electron chi connectivity index (χ0n) is 16.5. The van der Waals surface area contributed by atoms with E-state index in [1.54, 1.807) is 19.4 Å². The number of nitrogens with zero attached hydrogens (tertiary/aromatic N) is 2. The first-order chi connectivity index (χ1) is 14.2. The van der Waals surface area contributed by atoms with Gasteiger partial charge < -0.3 is 15.0 Å². The fourth-order valence-corrected chi connectivity index (χ4v) is 4.54. The molecule has 29 heavy (non-hydrogen) atoms. The molecule has 5 rings (SSSR count). The maximum absolute atomic E-state index is 13.9. The van der Waals surface area contributed by atoms with Crippen LogP contribution in [0.1, 0.15) is 18.5 Å². The number of benzene rings is 1. The summed E-state index contributed by atoms with van der Waals surface area (Å²) in [4.78, 5) is 10.5. The van der Waals surface area contributed by atoms with Crippen LogP contribution in [0, 0.1) is 5.82 Å². The Balaban J connectivity index is 1.49. The highest BCUT2D eigenvalue weighted by molar-refractivity contribution is 5.96. The first-order valence-corrected chi connectivity index (χ1v) is 10.2. The number of halogens is 1. The first-order valence-electron chi connectivity index (χ1n) is 10.2. The predicted molar refractivity (Wildman–Crippen MR) is 113 cm³/mol. The van der Waals surface area contributed by atoms with Crippen LogP contribution in [0.4, 0.5) is 4.39 Å². The number of H-pyrrole nitrogens is 1. The molecule has 5 nitrogen and oxygen atoms in total. The van der Waals surface area contributed by atoms with Gasteiger partial charge in [-0.05, 0) is 60.9 Å². The van der Waals surface area contributed by atoms with Gasteiger partial charge >= 0.3 is 0 Å². The van der Waals surface area contributed by atoms with Crippen LogP contribution in [0.15, 0.2) is 42.6 Å². The van der Waals surface area contributed by atoms with E-state index >= 15 is 0 Å². The topological polar surface area (TPSA) is 53.2 Å². The van der Waals surface area contributed by atoms with E-state index < -0.39 is 0 Å². The van der Waals surface area contributed by atoms with Gasteiger partial charge in [0.1, 0.15) is 17.2 Å². The van der Waals surface area contributed by atoms with Crippen molar-refractivity contribution < 1.29 is 9.13 Å². The van der Waals surface area contributed by atoms with Crippen molar-refractivity contribution in [2.45, 2.75) is 18.9 Å². The lowest BCUT2D eigenvalue weighted by atomic mass is 10.0. The molecular weight excluding hydrogens is 367 g/mol. The summed E-state index contributed by atoms with van der Waals surface area (Å²) < 4.78 is 19.4. The molecular formula is C23H25FN4O. The van der Waals surface area contributed by atoms with Crippen molar-refractivity contribution >= 4 is 16.6 Å². The zero-order valence-corrected chi connectivity index (χ0v) is 16.5. The van der Waals surface area contributed by atoms with E-state index in [1.807, 2.05) is 6.07 Å². The minimum atomic E-state index is -0.280. The highest BCUT2D eigenvalue weighted by atomic mass is 19.1. The number of rotatable bonds is 4. The van der Waals surface area contributed by atoms with Crippen molar-refractivity contribution in [2.75, 3.05) is 33.3 Å². The molecule has 0 radical (unpaired) electrons. The van der Waals surface area contributed by atoms with Crippen LogP contribution >= 0.6 is 0 Å². The average molecular weight is 392 g/mol. The molecule has 4 heterocycles. The minimum absolute atomic E-state index is 0.280. The number of aromatic amines is 1. The smallest absolute Gasteiger partial charge is 0.138 e. The zero-order chi connectivity index (χ0) is 19.8. The monoisotopic (exact) mass is 392 g/mol. The lowest BCUT2D eigenvalue weighted by molar-refractivity contribution is 0.230. The lowest BCUT2D eigenvalue weighted by Crippen LogP contribution is -2.39. The SMILES string of the molecule is COc1ccc(F)cc1-c1ccnc2[nH]c(C3=CCN(C4CCNC4)CC3)cc12. The van der Waals surface area contributed by atoms with E-state index in [2.05, 4.69) is 32.3 Å². The van der Waals surface area contributed by atoms with Gasteiger partial charge in [-0.1, -0.05) is 6.08 Å². The summed E-state index contributed by atoms with van der Waals surface area (Å²) in [5.41, 5.74) is 4.89. The highest BCUT2D eigenvalue weighted by Crippen LogP contribution is 2.36. The second kappa shape index (κ2) is 7.61. The van der Waals surface area contributed by atoms with E-state index in [9.17, 15) is 4.39 Å². The molecule has 0 amide bonds. The molecule has 2 aliphatic heterocycles. The van der Waals surface area contributed by atoms with Crippen LogP contribution in [0.3, 0.4) is 0 Å². The van der Waals surface area contributed by atoms with Gasteiger partial charge in [0.05, 0.1) is 7.11 Å². The molecule has 1 saturated heterocycles. The van der Waals surface area contributed by atoms with Crippen molar-refractivity contribution in [3.8, 4) is 16.9 Å². The number of ether oxygens (including phenoxy) is 1. The Morgan fingerprint density at radius 1 is 1.21 bits per heavy atom. The molecule has 1 aromatic carbocycles. The molecule has 1 unspecified atom stereocenters. The molecule has 0 spiro atoms. The van der Waals surface area contributed by atoms with E-state index in [0.717, 1.165) is 60.5 Å². The van der Waals surface area contributed by atoms with Gasteiger partial charge in [-0.25, -0.2) is 9.37 Å². The molecule has 2 aromatic heterocycles. The fourth-order valence-electron chi connectivity index (χ4n) is 4.54. The van der Waals surface area contributed by atoms with Gasteiger partial charge in [0, 0.05) is 48.5 Å². The normalized spacial score (nSPS) is 20.2. The van der Waals surface area contributed by atoms with E-state index in [0.29, 0.717) is 11.8 Å². The van der Waals surface area contributed by atoms with Crippen LogP contribution in [0.25, 0.3) is 27.7 Å². The molecule has 1 atom stereocenters.